The Kier molecular flexibility index (Phi) is 4.70. The Bertz CT molecular complexity index is 1200. The highest BCUT2D eigenvalue weighted by atomic mass is 16.6. The fourth-order valence-electron chi connectivity index (χ4n) is 2.91. The van der Waals surface area contributed by atoms with Crippen molar-refractivity contribution in [3.63, 3.8) is 0 Å². The molecule has 4 aromatic rings. The molecule has 0 radical (unpaired) electrons. The van der Waals surface area contributed by atoms with Gasteiger partial charge in [-0.15, -0.1) is 0 Å². The number of nitro benzene ring substituents is 1. The first kappa shape index (κ1) is 18.2. The Morgan fingerprint density at radius 1 is 0.966 bits per heavy atom. The molecular formula is C22H15N3O4. The van der Waals surface area contributed by atoms with Gasteiger partial charge in [0.15, 0.2) is 5.78 Å². The van der Waals surface area contributed by atoms with Crippen LogP contribution in [0.1, 0.15) is 21.5 Å². The zero-order chi connectivity index (χ0) is 20.4. The standard InChI is InChI=1S/C22H15N3O4/c1-14-6-8-15(9-7-14)20(26)18-4-2-3-5-19(18)22-23-21(24-29-22)16-10-12-17(13-11-16)25(27)28/h2-13H,1H3. The lowest BCUT2D eigenvalue weighted by atomic mass is 9.97. The van der Waals surface area contributed by atoms with Crippen LogP contribution in [0.5, 0.6) is 0 Å². The number of carbonyl (C=O) groups is 1. The fraction of sp³-hybridized carbons (Fsp3) is 0.0455. The highest BCUT2D eigenvalue weighted by molar-refractivity contribution is 6.12. The van der Waals surface area contributed by atoms with E-state index in [1.165, 1.54) is 12.1 Å². The van der Waals surface area contributed by atoms with E-state index < -0.39 is 4.92 Å². The summed E-state index contributed by atoms with van der Waals surface area (Å²) in [4.78, 5) is 27.7. The van der Waals surface area contributed by atoms with Gasteiger partial charge in [-0.3, -0.25) is 14.9 Å². The molecule has 142 valence electrons. The number of hydrogen-bond donors (Lipinski definition) is 0. The van der Waals surface area contributed by atoms with E-state index in [9.17, 15) is 14.9 Å². The minimum Gasteiger partial charge on any atom is -0.334 e. The number of aromatic nitrogens is 2. The van der Waals surface area contributed by atoms with Crippen molar-refractivity contribution in [1.82, 2.24) is 10.1 Å². The maximum atomic E-state index is 13.0. The van der Waals surface area contributed by atoms with Gasteiger partial charge < -0.3 is 4.52 Å². The number of carbonyl (C=O) groups excluding carboxylic acids is 1. The minimum absolute atomic E-state index is 0.0218. The van der Waals surface area contributed by atoms with Crippen molar-refractivity contribution < 1.29 is 14.2 Å². The third-order valence-corrected chi connectivity index (χ3v) is 4.48. The molecule has 0 aliphatic heterocycles. The smallest absolute Gasteiger partial charge is 0.269 e. The van der Waals surface area contributed by atoms with Crippen molar-refractivity contribution >= 4 is 11.5 Å². The summed E-state index contributed by atoms with van der Waals surface area (Å²) in [7, 11) is 0. The molecule has 0 saturated heterocycles. The van der Waals surface area contributed by atoms with Crippen molar-refractivity contribution in [2.75, 3.05) is 0 Å². The lowest BCUT2D eigenvalue weighted by molar-refractivity contribution is -0.384. The number of benzene rings is 3. The molecule has 4 rings (SSSR count). The Morgan fingerprint density at radius 2 is 1.66 bits per heavy atom. The zero-order valence-electron chi connectivity index (χ0n) is 15.4. The van der Waals surface area contributed by atoms with Crippen molar-refractivity contribution in [2.45, 2.75) is 6.92 Å². The summed E-state index contributed by atoms with van der Waals surface area (Å²) in [5.41, 5.74) is 3.17. The number of nitro groups is 1. The third-order valence-electron chi connectivity index (χ3n) is 4.48. The summed E-state index contributed by atoms with van der Waals surface area (Å²) in [6, 6.07) is 20.2. The summed E-state index contributed by atoms with van der Waals surface area (Å²) in [6.07, 6.45) is 0. The quantitative estimate of drug-likeness (QED) is 0.277. The van der Waals surface area contributed by atoms with E-state index in [-0.39, 0.29) is 23.2 Å². The van der Waals surface area contributed by atoms with Crippen LogP contribution in [-0.4, -0.2) is 20.8 Å². The average molecular weight is 385 g/mol. The van der Waals surface area contributed by atoms with Gasteiger partial charge in [0.25, 0.3) is 11.6 Å². The van der Waals surface area contributed by atoms with Crippen molar-refractivity contribution in [3.05, 3.63) is 99.6 Å². The highest BCUT2D eigenvalue weighted by Crippen LogP contribution is 2.27. The number of rotatable bonds is 5. The Balaban J connectivity index is 1.69. The molecule has 3 aromatic carbocycles. The summed E-state index contributed by atoms with van der Waals surface area (Å²) < 4.78 is 5.38. The molecule has 0 amide bonds. The van der Waals surface area contributed by atoms with E-state index in [1.54, 1.807) is 48.5 Å². The van der Waals surface area contributed by atoms with E-state index in [4.69, 9.17) is 4.52 Å². The van der Waals surface area contributed by atoms with Crippen LogP contribution in [0.15, 0.2) is 77.3 Å². The molecule has 0 saturated carbocycles. The predicted molar refractivity (Wildman–Crippen MR) is 106 cm³/mol. The molecule has 0 spiro atoms. The molecule has 7 nitrogen and oxygen atoms in total. The number of aryl methyl sites for hydroxylation is 1. The second-order valence-electron chi connectivity index (χ2n) is 6.47. The maximum Gasteiger partial charge on any atom is 0.269 e. The predicted octanol–water partition coefficient (Wildman–Crippen LogP) is 4.85. The van der Waals surface area contributed by atoms with Gasteiger partial charge in [-0.1, -0.05) is 53.2 Å². The normalized spacial score (nSPS) is 10.7. The lowest BCUT2D eigenvalue weighted by Crippen LogP contribution is -2.03. The molecule has 0 bridgehead atoms. The van der Waals surface area contributed by atoms with Gasteiger partial charge in [-0.05, 0) is 25.1 Å². The molecule has 0 N–H and O–H groups in total. The molecule has 1 aromatic heterocycles. The Labute approximate surface area is 165 Å². The Morgan fingerprint density at radius 3 is 2.34 bits per heavy atom. The number of hydrogen-bond acceptors (Lipinski definition) is 6. The molecule has 1 heterocycles. The fourth-order valence-corrected chi connectivity index (χ4v) is 2.91. The molecule has 0 atom stereocenters. The summed E-state index contributed by atoms with van der Waals surface area (Å²) in [6.45, 7) is 1.96. The molecule has 0 unspecified atom stereocenters. The maximum absolute atomic E-state index is 13.0. The van der Waals surface area contributed by atoms with E-state index in [0.717, 1.165) is 5.56 Å². The molecule has 7 heteroatoms. The molecule has 29 heavy (non-hydrogen) atoms. The summed E-state index contributed by atoms with van der Waals surface area (Å²) in [5, 5.41) is 14.8. The van der Waals surface area contributed by atoms with Gasteiger partial charge in [0.2, 0.25) is 5.82 Å². The highest BCUT2D eigenvalue weighted by Gasteiger charge is 2.19. The molecule has 0 aliphatic carbocycles. The topological polar surface area (TPSA) is 99.1 Å². The van der Waals surface area contributed by atoms with E-state index in [0.29, 0.717) is 22.3 Å². The van der Waals surface area contributed by atoms with Crippen LogP contribution in [0, 0.1) is 17.0 Å². The first-order chi connectivity index (χ1) is 14.0. The second kappa shape index (κ2) is 7.47. The van der Waals surface area contributed by atoms with Gasteiger partial charge in [0, 0.05) is 28.8 Å². The van der Waals surface area contributed by atoms with Gasteiger partial charge in [-0.25, -0.2) is 0 Å². The number of non-ortho nitro benzene ring substituents is 1. The zero-order valence-corrected chi connectivity index (χ0v) is 15.4. The van der Waals surface area contributed by atoms with Crippen LogP contribution in [0.4, 0.5) is 5.69 Å². The molecule has 0 fully saturated rings. The van der Waals surface area contributed by atoms with Crippen LogP contribution in [0.3, 0.4) is 0 Å². The Hall–Kier alpha value is -4.13. The van der Waals surface area contributed by atoms with E-state index in [1.807, 2.05) is 19.1 Å². The van der Waals surface area contributed by atoms with E-state index >= 15 is 0 Å². The minimum atomic E-state index is -0.474. The summed E-state index contributed by atoms with van der Waals surface area (Å²) in [5.74, 6) is 0.345. The van der Waals surface area contributed by atoms with Gasteiger partial charge in [0.05, 0.1) is 10.5 Å². The largest absolute Gasteiger partial charge is 0.334 e. The van der Waals surface area contributed by atoms with Crippen LogP contribution in [-0.2, 0) is 0 Å². The van der Waals surface area contributed by atoms with Gasteiger partial charge in [-0.2, -0.15) is 4.98 Å². The van der Waals surface area contributed by atoms with Crippen molar-refractivity contribution in [2.24, 2.45) is 0 Å². The van der Waals surface area contributed by atoms with Crippen LogP contribution in [0.2, 0.25) is 0 Å². The first-order valence-corrected chi connectivity index (χ1v) is 8.82. The van der Waals surface area contributed by atoms with Crippen LogP contribution < -0.4 is 0 Å². The third kappa shape index (κ3) is 3.66. The van der Waals surface area contributed by atoms with Gasteiger partial charge >= 0.3 is 0 Å². The van der Waals surface area contributed by atoms with Crippen LogP contribution >= 0.6 is 0 Å². The SMILES string of the molecule is Cc1ccc(C(=O)c2ccccc2-c2nc(-c3ccc([N+](=O)[O-])cc3)no2)cc1. The monoisotopic (exact) mass is 385 g/mol. The average Bonchev–Trinajstić information content (AvgIpc) is 3.24. The number of nitrogens with zero attached hydrogens (tertiary/aromatic N) is 3. The number of ketones is 1. The second-order valence-corrected chi connectivity index (χ2v) is 6.47. The first-order valence-electron chi connectivity index (χ1n) is 8.82. The van der Waals surface area contributed by atoms with Crippen molar-refractivity contribution in [1.29, 1.82) is 0 Å². The summed E-state index contributed by atoms with van der Waals surface area (Å²) >= 11 is 0. The van der Waals surface area contributed by atoms with Crippen molar-refractivity contribution in [3.8, 4) is 22.8 Å². The van der Waals surface area contributed by atoms with Crippen LogP contribution in [0.25, 0.3) is 22.8 Å². The molecule has 0 aliphatic rings. The van der Waals surface area contributed by atoms with Gasteiger partial charge in [0.1, 0.15) is 0 Å². The molecular weight excluding hydrogens is 370 g/mol. The van der Waals surface area contributed by atoms with E-state index in [2.05, 4.69) is 10.1 Å². The lowest BCUT2D eigenvalue weighted by Gasteiger charge is -2.05.